The zero-order valence-electron chi connectivity index (χ0n) is 18.6. The zero-order chi connectivity index (χ0) is 23.6. The Labute approximate surface area is 194 Å². The summed E-state index contributed by atoms with van der Waals surface area (Å²) >= 11 is 0. The molecule has 0 radical (unpaired) electrons. The van der Waals surface area contributed by atoms with Crippen LogP contribution in [0.1, 0.15) is 39.9 Å². The number of aliphatic hydroxyl groups excluding tert-OH is 1. The van der Waals surface area contributed by atoms with Crippen LogP contribution >= 0.6 is 0 Å². The molecule has 0 fully saturated rings. The molecular weight excluding hydrogens is 438 g/mol. The van der Waals surface area contributed by atoms with Gasteiger partial charge in [-0.1, -0.05) is 31.2 Å². The SMILES string of the molecule is CCc1ccc(S(=O)(=O)CC2c3cc(NC(=O)c4cccc(OC)c4)ccc3CC2O)cc1. The summed E-state index contributed by atoms with van der Waals surface area (Å²) in [6, 6.07) is 19.1. The number of methoxy groups -OCH3 is 1. The smallest absolute Gasteiger partial charge is 0.255 e. The summed E-state index contributed by atoms with van der Waals surface area (Å²) in [6.07, 6.45) is 0.419. The molecule has 33 heavy (non-hydrogen) atoms. The predicted molar refractivity (Wildman–Crippen MR) is 128 cm³/mol. The largest absolute Gasteiger partial charge is 0.497 e. The lowest BCUT2D eigenvalue weighted by Gasteiger charge is -2.17. The molecule has 2 atom stereocenters. The molecule has 0 heterocycles. The van der Waals surface area contributed by atoms with Crippen molar-refractivity contribution in [3.63, 3.8) is 0 Å². The number of rotatable bonds is 7. The van der Waals surface area contributed by atoms with Crippen LogP contribution in [0.2, 0.25) is 0 Å². The van der Waals surface area contributed by atoms with Gasteiger partial charge in [0.2, 0.25) is 0 Å². The quantitative estimate of drug-likeness (QED) is 0.551. The van der Waals surface area contributed by atoms with Crippen molar-refractivity contribution < 1.29 is 23.1 Å². The number of carbonyl (C=O) groups is 1. The summed E-state index contributed by atoms with van der Waals surface area (Å²) in [5, 5.41) is 13.5. The second-order valence-corrected chi connectivity index (χ2v) is 10.3. The molecule has 0 saturated carbocycles. The van der Waals surface area contributed by atoms with Gasteiger partial charge in [0.1, 0.15) is 5.75 Å². The average Bonchev–Trinajstić information content (AvgIpc) is 3.13. The fourth-order valence-corrected chi connectivity index (χ4v) is 5.83. The molecule has 0 spiro atoms. The number of hydrogen-bond donors (Lipinski definition) is 2. The number of amides is 1. The summed E-state index contributed by atoms with van der Waals surface area (Å²) in [6.45, 7) is 2.01. The molecule has 1 amide bonds. The van der Waals surface area contributed by atoms with E-state index in [-0.39, 0.29) is 16.6 Å². The predicted octanol–water partition coefficient (Wildman–Crippen LogP) is 3.98. The van der Waals surface area contributed by atoms with E-state index in [0.29, 0.717) is 23.4 Å². The number of hydrogen-bond acceptors (Lipinski definition) is 5. The number of anilines is 1. The van der Waals surface area contributed by atoms with Crippen LogP contribution in [0, 0.1) is 0 Å². The van der Waals surface area contributed by atoms with E-state index in [4.69, 9.17) is 4.74 Å². The molecule has 0 aliphatic heterocycles. The Hall–Kier alpha value is -3.16. The van der Waals surface area contributed by atoms with Gasteiger partial charge in [-0.2, -0.15) is 0 Å². The van der Waals surface area contributed by atoms with Gasteiger partial charge in [0.25, 0.3) is 5.91 Å². The number of aliphatic hydroxyl groups is 1. The maximum atomic E-state index is 13.1. The van der Waals surface area contributed by atoms with Crippen LogP contribution in [0.5, 0.6) is 5.75 Å². The van der Waals surface area contributed by atoms with E-state index in [1.807, 2.05) is 25.1 Å². The van der Waals surface area contributed by atoms with Gasteiger partial charge in [0.15, 0.2) is 9.84 Å². The van der Waals surface area contributed by atoms with Crippen molar-refractivity contribution in [1.82, 2.24) is 0 Å². The highest BCUT2D eigenvalue weighted by atomic mass is 32.2. The monoisotopic (exact) mass is 465 g/mol. The van der Waals surface area contributed by atoms with Gasteiger partial charge in [0, 0.05) is 17.2 Å². The number of aryl methyl sites for hydroxylation is 1. The Balaban J connectivity index is 1.56. The third-order valence-corrected chi connectivity index (χ3v) is 7.91. The van der Waals surface area contributed by atoms with Crippen molar-refractivity contribution in [3.8, 4) is 5.75 Å². The van der Waals surface area contributed by atoms with Crippen LogP contribution in [-0.4, -0.2) is 38.4 Å². The van der Waals surface area contributed by atoms with Gasteiger partial charge >= 0.3 is 0 Å². The van der Waals surface area contributed by atoms with Crippen LogP contribution in [0.15, 0.2) is 71.6 Å². The highest BCUT2D eigenvalue weighted by molar-refractivity contribution is 7.91. The van der Waals surface area contributed by atoms with E-state index in [1.54, 1.807) is 48.5 Å². The van der Waals surface area contributed by atoms with Gasteiger partial charge in [-0.25, -0.2) is 8.42 Å². The molecule has 6 nitrogen and oxygen atoms in total. The van der Waals surface area contributed by atoms with E-state index in [1.165, 1.54) is 7.11 Å². The third-order valence-electron chi connectivity index (χ3n) is 6.12. The lowest BCUT2D eigenvalue weighted by molar-refractivity contribution is 0.102. The molecule has 1 aliphatic carbocycles. The molecule has 3 aromatic carbocycles. The number of fused-ring (bicyclic) bond motifs is 1. The summed E-state index contributed by atoms with van der Waals surface area (Å²) in [5.74, 6) is -0.478. The van der Waals surface area contributed by atoms with Crippen LogP contribution in [0.25, 0.3) is 0 Å². The van der Waals surface area contributed by atoms with Crippen LogP contribution in [0.4, 0.5) is 5.69 Å². The first-order chi connectivity index (χ1) is 15.8. The molecule has 3 aromatic rings. The first-order valence-electron chi connectivity index (χ1n) is 10.9. The lowest BCUT2D eigenvalue weighted by atomic mass is 10.0. The molecule has 2 N–H and O–H groups in total. The minimum absolute atomic E-state index is 0.195. The fraction of sp³-hybridized carbons (Fsp3) is 0.269. The Morgan fingerprint density at radius 3 is 2.55 bits per heavy atom. The van der Waals surface area contributed by atoms with Crippen LogP contribution in [-0.2, 0) is 22.7 Å². The van der Waals surface area contributed by atoms with Crippen molar-refractivity contribution >= 4 is 21.4 Å². The number of benzene rings is 3. The topological polar surface area (TPSA) is 92.7 Å². The van der Waals surface area contributed by atoms with Crippen molar-refractivity contribution in [2.24, 2.45) is 0 Å². The van der Waals surface area contributed by atoms with Crippen LogP contribution in [0.3, 0.4) is 0 Å². The van der Waals surface area contributed by atoms with E-state index >= 15 is 0 Å². The van der Waals surface area contributed by atoms with Gasteiger partial charge in [-0.3, -0.25) is 4.79 Å². The second kappa shape index (κ2) is 9.37. The summed E-state index contributed by atoms with van der Waals surface area (Å²) in [4.78, 5) is 12.9. The number of ether oxygens (including phenoxy) is 1. The van der Waals surface area contributed by atoms with Crippen molar-refractivity contribution in [1.29, 1.82) is 0 Å². The third kappa shape index (κ3) is 4.94. The normalized spacial score (nSPS) is 17.4. The van der Waals surface area contributed by atoms with E-state index in [2.05, 4.69) is 5.32 Å². The highest BCUT2D eigenvalue weighted by Crippen LogP contribution is 2.37. The molecule has 0 bridgehead atoms. The molecule has 7 heteroatoms. The molecule has 0 aromatic heterocycles. The lowest BCUT2D eigenvalue weighted by Crippen LogP contribution is -2.22. The maximum absolute atomic E-state index is 13.1. The summed E-state index contributed by atoms with van der Waals surface area (Å²) < 4.78 is 31.3. The fourth-order valence-electron chi connectivity index (χ4n) is 4.21. The van der Waals surface area contributed by atoms with E-state index in [9.17, 15) is 18.3 Å². The van der Waals surface area contributed by atoms with Crippen LogP contribution < -0.4 is 10.1 Å². The first kappa shape index (κ1) is 23.0. The van der Waals surface area contributed by atoms with Gasteiger partial charge < -0.3 is 15.2 Å². The Morgan fingerprint density at radius 2 is 1.85 bits per heavy atom. The zero-order valence-corrected chi connectivity index (χ0v) is 19.4. The van der Waals surface area contributed by atoms with E-state index in [0.717, 1.165) is 23.1 Å². The molecule has 2 unspecified atom stereocenters. The minimum Gasteiger partial charge on any atom is -0.497 e. The maximum Gasteiger partial charge on any atom is 0.255 e. The molecular formula is C26H27NO5S. The van der Waals surface area contributed by atoms with Crippen molar-refractivity contribution in [3.05, 3.63) is 89.0 Å². The summed E-state index contributed by atoms with van der Waals surface area (Å²) in [7, 11) is -2.06. The number of nitrogens with one attached hydrogen (secondary N) is 1. The average molecular weight is 466 g/mol. The Morgan fingerprint density at radius 1 is 1.09 bits per heavy atom. The first-order valence-corrected chi connectivity index (χ1v) is 12.5. The molecule has 1 aliphatic rings. The van der Waals surface area contributed by atoms with Gasteiger partial charge in [0.05, 0.1) is 23.9 Å². The van der Waals surface area contributed by atoms with Gasteiger partial charge in [-0.15, -0.1) is 0 Å². The number of carbonyl (C=O) groups excluding carboxylic acids is 1. The highest BCUT2D eigenvalue weighted by Gasteiger charge is 2.35. The molecule has 0 saturated heterocycles. The Kier molecular flexibility index (Phi) is 6.54. The standard InChI is InChI=1S/C26H27NO5S/c1-3-17-7-11-22(12-8-17)33(30,31)16-24-23-15-20(10-9-18(23)14-25(24)28)27-26(29)19-5-4-6-21(13-19)32-2/h4-13,15,24-25,28H,3,14,16H2,1-2H3,(H,27,29). The van der Waals surface area contributed by atoms with Gasteiger partial charge in [-0.05, 0) is 72.0 Å². The Bertz CT molecular complexity index is 1270. The van der Waals surface area contributed by atoms with E-state index < -0.39 is 21.9 Å². The molecule has 172 valence electrons. The number of sulfone groups is 1. The summed E-state index contributed by atoms with van der Waals surface area (Å²) in [5.41, 5.74) is 3.70. The minimum atomic E-state index is -3.59. The van der Waals surface area contributed by atoms with Crippen molar-refractivity contribution in [2.75, 3.05) is 18.2 Å². The van der Waals surface area contributed by atoms with Crippen molar-refractivity contribution in [2.45, 2.75) is 36.7 Å². The molecule has 4 rings (SSSR count). The second-order valence-electron chi connectivity index (χ2n) is 8.26.